The topological polar surface area (TPSA) is 86.1 Å². The molecule has 2 unspecified atom stereocenters. The van der Waals surface area contributed by atoms with Crippen molar-refractivity contribution >= 4 is 17.4 Å². The number of carbonyl (C=O) groups excluding carboxylic acids is 2. The Hall–Kier alpha value is -3.55. The first-order valence-electron chi connectivity index (χ1n) is 9.59. The van der Waals surface area contributed by atoms with Crippen molar-refractivity contribution in [3.63, 3.8) is 0 Å². The van der Waals surface area contributed by atoms with E-state index in [1.54, 1.807) is 51.2 Å². The van der Waals surface area contributed by atoms with Crippen LogP contribution >= 0.6 is 0 Å². The largest absolute Gasteiger partial charge is 0.462 e. The average molecular weight is 408 g/mol. The van der Waals surface area contributed by atoms with Crippen molar-refractivity contribution in [2.75, 3.05) is 11.9 Å². The maximum atomic E-state index is 14.0. The van der Waals surface area contributed by atoms with Crippen LogP contribution in [0.3, 0.4) is 0 Å². The van der Waals surface area contributed by atoms with Gasteiger partial charge in [-0.05, 0) is 43.7 Å². The maximum Gasteiger partial charge on any atom is 0.338 e. The summed E-state index contributed by atoms with van der Waals surface area (Å²) in [5, 5.41) is 7.51. The van der Waals surface area contributed by atoms with Crippen molar-refractivity contribution in [1.29, 1.82) is 0 Å². The van der Waals surface area contributed by atoms with Crippen molar-refractivity contribution in [3.8, 4) is 0 Å². The first-order chi connectivity index (χ1) is 14.4. The third-order valence-electron chi connectivity index (χ3n) is 5.51. The van der Waals surface area contributed by atoms with Gasteiger partial charge in [-0.3, -0.25) is 9.48 Å². The van der Waals surface area contributed by atoms with Crippen LogP contribution in [0.5, 0.6) is 0 Å². The quantitative estimate of drug-likeness (QED) is 0.666. The fourth-order valence-corrected chi connectivity index (χ4v) is 4.06. The molecule has 0 saturated carbocycles. The van der Waals surface area contributed by atoms with Crippen LogP contribution in [0.2, 0.25) is 0 Å². The third kappa shape index (κ3) is 2.96. The van der Waals surface area contributed by atoms with Gasteiger partial charge < -0.3 is 10.1 Å². The molecule has 1 aliphatic heterocycles. The second-order valence-electron chi connectivity index (χ2n) is 7.32. The monoisotopic (exact) mass is 408 g/mol. The van der Waals surface area contributed by atoms with Crippen molar-refractivity contribution in [2.24, 2.45) is 7.05 Å². The molecule has 30 heavy (non-hydrogen) atoms. The maximum absolute atomic E-state index is 14.0. The molecule has 0 aliphatic carbocycles. The third-order valence-corrected chi connectivity index (χ3v) is 5.51. The van der Waals surface area contributed by atoms with E-state index in [2.05, 4.69) is 15.4 Å². The molecule has 4 rings (SSSR count). The normalized spacial score (nSPS) is 20.4. The Morgan fingerprint density at radius 2 is 2.00 bits per heavy atom. The predicted molar refractivity (Wildman–Crippen MR) is 108 cm³/mol. The Morgan fingerprint density at radius 1 is 1.27 bits per heavy atom. The van der Waals surface area contributed by atoms with Crippen molar-refractivity contribution in [2.45, 2.75) is 25.3 Å². The molecule has 8 heteroatoms. The number of fused-ring (bicyclic) bond motifs is 1. The standard InChI is InChI=1S/C22H21FN4O3/c1-4-30-20(29)15-6-5-7-16-17(15)19(28)22(2,21-24-12-25-27(21)3)18(26-16)13-8-10-14(23)11-9-13/h5-12,18,26H,4H2,1-3H3. The highest BCUT2D eigenvalue weighted by Crippen LogP contribution is 2.47. The minimum atomic E-state index is -1.21. The molecule has 0 spiro atoms. The Labute approximate surface area is 172 Å². The number of carbonyl (C=O) groups is 2. The van der Waals surface area contributed by atoms with E-state index in [1.165, 1.54) is 23.1 Å². The van der Waals surface area contributed by atoms with Gasteiger partial charge in [0.1, 0.15) is 23.4 Å². The molecule has 2 atom stereocenters. The van der Waals surface area contributed by atoms with Gasteiger partial charge in [-0.2, -0.15) is 5.10 Å². The van der Waals surface area contributed by atoms with Gasteiger partial charge in [0.2, 0.25) is 0 Å². The molecule has 7 nitrogen and oxygen atoms in total. The number of benzene rings is 2. The Bertz CT molecular complexity index is 1130. The summed E-state index contributed by atoms with van der Waals surface area (Å²) < 4.78 is 20.2. The molecule has 0 saturated heterocycles. The molecule has 3 aromatic rings. The fraction of sp³-hybridized carbons (Fsp3) is 0.273. The zero-order valence-corrected chi connectivity index (χ0v) is 16.8. The molecular formula is C22H21FN4O3. The van der Waals surface area contributed by atoms with Crippen LogP contribution in [0, 0.1) is 5.82 Å². The van der Waals surface area contributed by atoms with E-state index in [-0.39, 0.29) is 29.3 Å². The minimum absolute atomic E-state index is 0.192. The highest BCUT2D eigenvalue weighted by Gasteiger charge is 2.52. The van der Waals surface area contributed by atoms with Crippen LogP contribution in [-0.4, -0.2) is 33.1 Å². The number of nitrogens with zero attached hydrogens (tertiary/aromatic N) is 3. The van der Waals surface area contributed by atoms with E-state index in [9.17, 15) is 14.0 Å². The van der Waals surface area contributed by atoms with Crippen molar-refractivity contribution in [1.82, 2.24) is 14.8 Å². The molecule has 154 valence electrons. The molecule has 1 N–H and O–H groups in total. The van der Waals surface area contributed by atoms with Crippen molar-refractivity contribution in [3.05, 3.63) is 77.1 Å². The summed E-state index contributed by atoms with van der Waals surface area (Å²) in [6.45, 7) is 3.66. The van der Waals surface area contributed by atoms with Gasteiger partial charge in [-0.25, -0.2) is 14.2 Å². The zero-order valence-electron chi connectivity index (χ0n) is 16.8. The highest BCUT2D eigenvalue weighted by atomic mass is 19.1. The summed E-state index contributed by atoms with van der Waals surface area (Å²) >= 11 is 0. The van der Waals surface area contributed by atoms with E-state index < -0.39 is 17.4 Å². The Kier molecular flexibility index (Phi) is 4.85. The molecule has 0 radical (unpaired) electrons. The lowest BCUT2D eigenvalue weighted by Gasteiger charge is -2.41. The number of Topliss-reactive ketones (excluding diaryl/α,β-unsaturated/α-hetero) is 1. The van der Waals surface area contributed by atoms with E-state index >= 15 is 0 Å². The van der Waals surface area contributed by atoms with E-state index in [0.717, 1.165) is 0 Å². The van der Waals surface area contributed by atoms with Gasteiger partial charge in [0, 0.05) is 12.7 Å². The molecular weight excluding hydrogens is 387 g/mol. The van der Waals surface area contributed by atoms with Gasteiger partial charge in [0.15, 0.2) is 5.78 Å². The predicted octanol–water partition coefficient (Wildman–Crippen LogP) is 3.44. The number of anilines is 1. The number of ether oxygens (including phenoxy) is 1. The van der Waals surface area contributed by atoms with Crippen LogP contribution in [0.1, 0.15) is 52.0 Å². The lowest BCUT2D eigenvalue weighted by Crippen LogP contribution is -2.48. The molecule has 2 aromatic carbocycles. The first-order valence-corrected chi connectivity index (χ1v) is 9.59. The number of aryl methyl sites for hydroxylation is 1. The Balaban J connectivity index is 1.95. The van der Waals surface area contributed by atoms with Gasteiger partial charge in [-0.1, -0.05) is 18.2 Å². The summed E-state index contributed by atoms with van der Waals surface area (Å²) in [5.74, 6) is -0.791. The molecule has 1 aliphatic rings. The van der Waals surface area contributed by atoms with Gasteiger partial charge in [0.25, 0.3) is 0 Å². The number of ketones is 1. The molecule has 0 bridgehead atoms. The SMILES string of the molecule is CCOC(=O)c1cccc2c1C(=O)C(C)(c1ncnn1C)C(c1ccc(F)cc1)N2. The number of hydrogen-bond donors (Lipinski definition) is 1. The second-order valence-corrected chi connectivity index (χ2v) is 7.32. The molecule has 0 amide bonds. The lowest BCUT2D eigenvalue weighted by atomic mass is 9.69. The number of rotatable bonds is 4. The molecule has 1 aromatic heterocycles. The number of aromatic nitrogens is 3. The average Bonchev–Trinajstić information content (AvgIpc) is 3.17. The van der Waals surface area contributed by atoms with Crippen LogP contribution in [-0.2, 0) is 17.2 Å². The molecule has 2 heterocycles. The van der Waals surface area contributed by atoms with E-state index in [4.69, 9.17) is 4.74 Å². The van der Waals surface area contributed by atoms with Crippen LogP contribution < -0.4 is 5.32 Å². The highest BCUT2D eigenvalue weighted by molar-refractivity contribution is 6.16. The van der Waals surface area contributed by atoms with E-state index in [0.29, 0.717) is 17.1 Å². The Morgan fingerprint density at radius 3 is 2.63 bits per heavy atom. The van der Waals surface area contributed by atoms with Crippen LogP contribution in [0.4, 0.5) is 10.1 Å². The lowest BCUT2D eigenvalue weighted by molar-refractivity contribution is 0.0521. The molecule has 0 fully saturated rings. The van der Waals surface area contributed by atoms with Gasteiger partial charge in [0.05, 0.1) is 23.8 Å². The van der Waals surface area contributed by atoms with Crippen molar-refractivity contribution < 1.29 is 18.7 Å². The second kappa shape index (κ2) is 7.37. The minimum Gasteiger partial charge on any atom is -0.462 e. The fourth-order valence-electron chi connectivity index (χ4n) is 4.06. The summed E-state index contributed by atoms with van der Waals surface area (Å²) in [7, 11) is 1.70. The summed E-state index contributed by atoms with van der Waals surface area (Å²) in [5.41, 5.74) is 0.457. The summed E-state index contributed by atoms with van der Waals surface area (Å²) in [6, 6.07) is 10.4. The smallest absolute Gasteiger partial charge is 0.338 e. The van der Waals surface area contributed by atoms with Crippen LogP contribution in [0.15, 0.2) is 48.8 Å². The van der Waals surface area contributed by atoms with E-state index in [1.807, 2.05) is 0 Å². The summed E-state index contributed by atoms with van der Waals surface area (Å²) in [6.07, 6.45) is 1.38. The summed E-state index contributed by atoms with van der Waals surface area (Å²) in [4.78, 5) is 30.8. The number of hydrogen-bond acceptors (Lipinski definition) is 6. The van der Waals surface area contributed by atoms with Gasteiger partial charge in [-0.15, -0.1) is 0 Å². The number of esters is 1. The number of halogens is 1. The zero-order chi connectivity index (χ0) is 21.5. The number of nitrogens with one attached hydrogen (secondary N) is 1. The van der Waals surface area contributed by atoms with Crippen LogP contribution in [0.25, 0.3) is 0 Å². The first kappa shape index (κ1) is 19.8. The van der Waals surface area contributed by atoms with Gasteiger partial charge >= 0.3 is 5.97 Å².